The van der Waals surface area contributed by atoms with E-state index in [1.807, 2.05) is 0 Å². The number of aromatic nitrogens is 6. The number of aliphatic hydroxyl groups excluding tert-OH is 4. The second kappa shape index (κ2) is 4.35. The summed E-state index contributed by atoms with van der Waals surface area (Å²) in [5.41, 5.74) is 0.322. The predicted molar refractivity (Wildman–Crippen MR) is 58.5 cm³/mol. The number of rotatable bonds is 2. The van der Waals surface area contributed by atoms with E-state index >= 15 is 0 Å². The lowest BCUT2D eigenvalue weighted by molar-refractivity contribution is -0.108. The van der Waals surface area contributed by atoms with Gasteiger partial charge in [0.15, 0.2) is 0 Å². The van der Waals surface area contributed by atoms with E-state index in [0.717, 1.165) is 0 Å². The van der Waals surface area contributed by atoms with Gasteiger partial charge in [-0.3, -0.25) is 0 Å². The van der Waals surface area contributed by atoms with Gasteiger partial charge >= 0.3 is 0 Å². The molecule has 0 saturated carbocycles. The molecule has 0 aliphatic carbocycles. The van der Waals surface area contributed by atoms with Crippen molar-refractivity contribution in [1.29, 1.82) is 0 Å². The van der Waals surface area contributed by atoms with Gasteiger partial charge in [0.25, 0.3) is 0 Å². The van der Waals surface area contributed by atoms with Crippen LogP contribution in [0.5, 0.6) is 0 Å². The SMILES string of the molecule is OC[C@@H]1[C@@H](O)[C@H](O)[C@H](O)c2nc(-c3nn[nH]n3)cn21. The van der Waals surface area contributed by atoms with Crippen molar-refractivity contribution in [2.24, 2.45) is 0 Å². The molecule has 0 saturated heterocycles. The Kier molecular flexibility index (Phi) is 2.78. The molecule has 1 aliphatic rings. The van der Waals surface area contributed by atoms with Gasteiger partial charge in [0.1, 0.15) is 29.8 Å². The van der Waals surface area contributed by atoms with Crippen LogP contribution in [0.1, 0.15) is 18.0 Å². The zero-order valence-electron chi connectivity index (χ0n) is 9.62. The Balaban J connectivity index is 2.09. The normalized spacial score (nSPS) is 30.3. The third-order valence-corrected chi connectivity index (χ3v) is 3.21. The maximum atomic E-state index is 9.89. The summed E-state index contributed by atoms with van der Waals surface area (Å²) in [7, 11) is 0. The van der Waals surface area contributed by atoms with Crippen molar-refractivity contribution in [3.63, 3.8) is 0 Å². The predicted octanol–water partition coefficient (Wildman–Crippen LogP) is -2.63. The van der Waals surface area contributed by atoms with E-state index in [2.05, 4.69) is 25.6 Å². The van der Waals surface area contributed by atoms with Gasteiger partial charge in [-0.05, 0) is 5.21 Å². The van der Waals surface area contributed by atoms with Crippen LogP contribution in [0.4, 0.5) is 0 Å². The Bertz CT molecular complexity index is 569. The first kappa shape index (κ1) is 12.2. The van der Waals surface area contributed by atoms with Crippen LogP contribution in [-0.4, -0.2) is 69.4 Å². The van der Waals surface area contributed by atoms with Crippen LogP contribution < -0.4 is 0 Å². The molecule has 0 spiro atoms. The number of hydrogen-bond acceptors (Lipinski definition) is 8. The van der Waals surface area contributed by atoms with E-state index in [1.165, 1.54) is 10.8 Å². The van der Waals surface area contributed by atoms with Gasteiger partial charge in [-0.1, -0.05) is 0 Å². The molecule has 0 aromatic carbocycles. The quantitative estimate of drug-likeness (QED) is 0.396. The average Bonchev–Trinajstić information content (AvgIpc) is 3.05. The van der Waals surface area contributed by atoms with Gasteiger partial charge in [-0.25, -0.2) is 4.98 Å². The summed E-state index contributed by atoms with van der Waals surface area (Å²) in [6.45, 7) is -0.403. The molecule has 10 heteroatoms. The molecule has 19 heavy (non-hydrogen) atoms. The van der Waals surface area contributed by atoms with Gasteiger partial charge in [-0.15, -0.1) is 10.2 Å². The molecule has 2 aromatic heterocycles. The first-order valence-corrected chi connectivity index (χ1v) is 5.61. The summed E-state index contributed by atoms with van der Waals surface area (Å²) < 4.78 is 1.41. The lowest BCUT2D eigenvalue weighted by Crippen LogP contribution is -2.46. The van der Waals surface area contributed by atoms with Gasteiger partial charge in [0.2, 0.25) is 5.82 Å². The van der Waals surface area contributed by atoms with E-state index in [-0.39, 0.29) is 11.6 Å². The van der Waals surface area contributed by atoms with Gasteiger partial charge in [-0.2, -0.15) is 5.21 Å². The molecule has 0 unspecified atom stereocenters. The van der Waals surface area contributed by atoms with Crippen LogP contribution >= 0.6 is 0 Å². The smallest absolute Gasteiger partial charge is 0.224 e. The van der Waals surface area contributed by atoms with Gasteiger partial charge in [0.05, 0.1) is 12.6 Å². The molecular formula is C9H12N6O4. The number of tetrazole rings is 1. The number of aromatic amines is 1. The maximum Gasteiger partial charge on any atom is 0.224 e. The van der Waals surface area contributed by atoms with Crippen molar-refractivity contribution in [2.45, 2.75) is 24.4 Å². The molecular weight excluding hydrogens is 256 g/mol. The highest BCUT2D eigenvalue weighted by Crippen LogP contribution is 2.33. The molecule has 3 rings (SSSR count). The standard InChI is InChI=1S/C9H12N6O4/c16-2-4-5(17)6(18)7(19)9-10-3(1-15(4)9)8-11-13-14-12-8/h1,4-7,16-19H,2H2,(H,11,12,13,14)/t4-,5-,6+,7+/m1/s1. The fourth-order valence-corrected chi connectivity index (χ4v) is 2.20. The lowest BCUT2D eigenvalue weighted by atomic mass is 9.96. The highest BCUT2D eigenvalue weighted by molar-refractivity contribution is 5.47. The van der Waals surface area contributed by atoms with E-state index < -0.39 is 31.0 Å². The van der Waals surface area contributed by atoms with Gasteiger partial charge in [0, 0.05) is 6.20 Å². The molecule has 0 radical (unpaired) electrons. The molecule has 4 atom stereocenters. The molecule has 5 N–H and O–H groups in total. The Hall–Kier alpha value is -1.88. The zero-order valence-corrected chi connectivity index (χ0v) is 9.62. The fourth-order valence-electron chi connectivity index (χ4n) is 2.20. The summed E-state index contributed by atoms with van der Waals surface area (Å²) in [5.74, 6) is 0.353. The highest BCUT2D eigenvalue weighted by atomic mass is 16.4. The summed E-state index contributed by atoms with van der Waals surface area (Å²) >= 11 is 0. The largest absolute Gasteiger partial charge is 0.394 e. The monoisotopic (exact) mass is 268 g/mol. The van der Waals surface area contributed by atoms with Crippen molar-refractivity contribution >= 4 is 0 Å². The molecule has 0 bridgehead atoms. The van der Waals surface area contributed by atoms with Crippen LogP contribution in [0.15, 0.2) is 6.20 Å². The molecule has 102 valence electrons. The van der Waals surface area contributed by atoms with Crippen molar-refractivity contribution in [1.82, 2.24) is 30.2 Å². The average molecular weight is 268 g/mol. The van der Waals surface area contributed by atoms with Crippen LogP contribution in [-0.2, 0) is 0 Å². The minimum Gasteiger partial charge on any atom is -0.394 e. The van der Waals surface area contributed by atoms with Crippen LogP contribution in [0.25, 0.3) is 11.5 Å². The molecule has 10 nitrogen and oxygen atoms in total. The number of hydrogen-bond donors (Lipinski definition) is 5. The third kappa shape index (κ3) is 1.73. The summed E-state index contributed by atoms with van der Waals surface area (Å²) in [5, 5.41) is 51.9. The number of nitrogens with zero attached hydrogens (tertiary/aromatic N) is 5. The maximum absolute atomic E-state index is 9.89. The van der Waals surface area contributed by atoms with Crippen LogP contribution in [0, 0.1) is 0 Å². The zero-order chi connectivity index (χ0) is 13.6. The fraction of sp³-hybridized carbons (Fsp3) is 0.556. The Morgan fingerprint density at radius 2 is 2.05 bits per heavy atom. The summed E-state index contributed by atoms with van der Waals surface area (Å²) in [4.78, 5) is 4.10. The number of aliphatic hydroxyl groups is 4. The molecule has 0 fully saturated rings. The van der Waals surface area contributed by atoms with Crippen molar-refractivity contribution in [2.75, 3.05) is 6.61 Å². The van der Waals surface area contributed by atoms with Crippen molar-refractivity contribution in [3.8, 4) is 11.5 Å². The highest BCUT2D eigenvalue weighted by Gasteiger charge is 2.41. The minimum absolute atomic E-state index is 0.136. The summed E-state index contributed by atoms with van der Waals surface area (Å²) in [6.07, 6.45) is -2.57. The van der Waals surface area contributed by atoms with Crippen LogP contribution in [0.2, 0.25) is 0 Å². The Morgan fingerprint density at radius 3 is 2.68 bits per heavy atom. The van der Waals surface area contributed by atoms with E-state index in [1.54, 1.807) is 0 Å². The number of fused-ring (bicyclic) bond motifs is 1. The molecule has 1 aliphatic heterocycles. The number of H-pyrrole nitrogens is 1. The van der Waals surface area contributed by atoms with E-state index in [9.17, 15) is 20.4 Å². The minimum atomic E-state index is -1.41. The number of imidazole rings is 1. The number of nitrogens with one attached hydrogen (secondary N) is 1. The topological polar surface area (TPSA) is 153 Å². The Labute approximate surface area is 106 Å². The van der Waals surface area contributed by atoms with Crippen LogP contribution in [0.3, 0.4) is 0 Å². The second-order valence-corrected chi connectivity index (χ2v) is 4.30. The van der Waals surface area contributed by atoms with E-state index in [0.29, 0.717) is 5.69 Å². The molecule has 0 amide bonds. The molecule has 3 heterocycles. The van der Waals surface area contributed by atoms with Crippen molar-refractivity contribution in [3.05, 3.63) is 12.0 Å². The van der Waals surface area contributed by atoms with E-state index in [4.69, 9.17) is 0 Å². The lowest BCUT2D eigenvalue weighted by Gasteiger charge is -2.35. The Morgan fingerprint density at radius 1 is 1.26 bits per heavy atom. The summed E-state index contributed by atoms with van der Waals surface area (Å²) in [6, 6.07) is -0.790. The van der Waals surface area contributed by atoms with Gasteiger partial charge < -0.3 is 25.0 Å². The first-order valence-electron chi connectivity index (χ1n) is 5.61. The van der Waals surface area contributed by atoms with Crippen molar-refractivity contribution < 1.29 is 20.4 Å². The first-order chi connectivity index (χ1) is 9.13. The third-order valence-electron chi connectivity index (χ3n) is 3.21. The second-order valence-electron chi connectivity index (χ2n) is 4.30. The molecule has 2 aromatic rings.